The first-order valence-electron chi connectivity index (χ1n) is 12.2. The van der Waals surface area contributed by atoms with Gasteiger partial charge in [-0.3, -0.25) is 9.59 Å². The van der Waals surface area contributed by atoms with Crippen molar-refractivity contribution in [2.75, 3.05) is 30.3 Å². The Labute approximate surface area is 203 Å². The number of likely N-dealkylation sites (tertiary alicyclic amines) is 1. The van der Waals surface area contributed by atoms with Crippen LogP contribution in [0.1, 0.15) is 55.0 Å². The van der Waals surface area contributed by atoms with Crippen LogP contribution in [0.25, 0.3) is 0 Å². The number of esters is 1. The molecule has 2 aromatic rings. The van der Waals surface area contributed by atoms with E-state index in [0.29, 0.717) is 24.3 Å². The molecule has 10 heteroatoms. The Morgan fingerprint density at radius 3 is 3.00 bits per heavy atom. The third-order valence-corrected chi connectivity index (χ3v) is 6.91. The largest absolute Gasteiger partial charge is 0.481 e. The number of hydrogen-bond acceptors (Lipinski definition) is 8. The van der Waals surface area contributed by atoms with E-state index in [1.807, 2.05) is 0 Å². The molecule has 35 heavy (non-hydrogen) atoms. The van der Waals surface area contributed by atoms with Crippen molar-refractivity contribution in [1.29, 1.82) is 0 Å². The monoisotopic (exact) mass is 479 g/mol. The molecule has 3 aliphatic heterocycles. The minimum Gasteiger partial charge on any atom is -0.481 e. The number of nitrogens with one attached hydrogen (secondary N) is 2. The highest BCUT2D eigenvalue weighted by Crippen LogP contribution is 2.36. The standard InChI is InChI=1S/C25H29N5O5/c31-21(32)12-19(17-11-20-24(27-13-17)28-14-22(33)35-20)30-10-8-16(25(30)34)3-1-5-18-7-6-15-4-2-9-26-23(15)29-18/h6-7,11,13,16,19H,1-5,8-10,12,14H2,(H,26,29)(H,27,28)(H,31,32). The maximum atomic E-state index is 13.3. The second-order valence-electron chi connectivity index (χ2n) is 9.31. The van der Waals surface area contributed by atoms with Gasteiger partial charge in [-0.15, -0.1) is 0 Å². The zero-order chi connectivity index (χ0) is 24.4. The number of nitrogens with zero attached hydrogens (tertiary/aromatic N) is 3. The average Bonchev–Trinajstić information content (AvgIpc) is 3.21. The molecule has 2 unspecified atom stereocenters. The Kier molecular flexibility index (Phi) is 6.52. The lowest BCUT2D eigenvalue weighted by atomic mass is 9.98. The van der Waals surface area contributed by atoms with Crippen molar-refractivity contribution < 1.29 is 24.2 Å². The van der Waals surface area contributed by atoms with Crippen LogP contribution >= 0.6 is 0 Å². The van der Waals surface area contributed by atoms with Crippen LogP contribution < -0.4 is 15.4 Å². The lowest BCUT2D eigenvalue weighted by molar-refractivity contribution is -0.140. The number of aryl methyl sites for hydroxylation is 2. The molecule has 0 saturated carbocycles. The van der Waals surface area contributed by atoms with Gasteiger partial charge in [0.1, 0.15) is 12.4 Å². The number of carboxylic acids is 1. The van der Waals surface area contributed by atoms with Gasteiger partial charge >= 0.3 is 11.9 Å². The van der Waals surface area contributed by atoms with Gasteiger partial charge in [-0.2, -0.15) is 0 Å². The third-order valence-electron chi connectivity index (χ3n) is 6.91. The maximum absolute atomic E-state index is 13.3. The molecule has 3 N–H and O–H groups in total. The molecule has 0 aromatic carbocycles. The lowest BCUT2D eigenvalue weighted by Crippen LogP contribution is -2.33. The van der Waals surface area contributed by atoms with Crippen LogP contribution in [0.4, 0.5) is 11.6 Å². The van der Waals surface area contributed by atoms with Crippen molar-refractivity contribution >= 4 is 29.5 Å². The van der Waals surface area contributed by atoms with Gasteiger partial charge in [0, 0.05) is 30.9 Å². The molecular formula is C25H29N5O5. The van der Waals surface area contributed by atoms with E-state index in [1.165, 1.54) is 5.56 Å². The summed E-state index contributed by atoms with van der Waals surface area (Å²) in [4.78, 5) is 47.2. The summed E-state index contributed by atoms with van der Waals surface area (Å²) >= 11 is 0. The third kappa shape index (κ3) is 5.06. The van der Waals surface area contributed by atoms with Crippen LogP contribution in [0.2, 0.25) is 0 Å². The van der Waals surface area contributed by atoms with Crippen LogP contribution in [0.5, 0.6) is 5.75 Å². The fraction of sp³-hybridized carbons (Fsp3) is 0.480. The summed E-state index contributed by atoms with van der Waals surface area (Å²) < 4.78 is 5.24. The van der Waals surface area contributed by atoms with E-state index in [4.69, 9.17) is 9.72 Å². The van der Waals surface area contributed by atoms with Gasteiger partial charge in [0.15, 0.2) is 11.6 Å². The van der Waals surface area contributed by atoms with E-state index in [1.54, 1.807) is 17.2 Å². The van der Waals surface area contributed by atoms with Gasteiger partial charge in [-0.25, -0.2) is 14.8 Å². The summed E-state index contributed by atoms with van der Waals surface area (Å²) in [5, 5.41) is 15.7. The van der Waals surface area contributed by atoms with E-state index in [2.05, 4.69) is 27.8 Å². The second kappa shape index (κ2) is 9.89. The van der Waals surface area contributed by atoms with E-state index < -0.39 is 18.0 Å². The van der Waals surface area contributed by atoms with Gasteiger partial charge in [-0.05, 0) is 61.8 Å². The van der Waals surface area contributed by atoms with Crippen molar-refractivity contribution in [3.8, 4) is 5.75 Å². The summed E-state index contributed by atoms with van der Waals surface area (Å²) in [6.45, 7) is 1.46. The molecule has 0 spiro atoms. The van der Waals surface area contributed by atoms with E-state index in [-0.39, 0.29) is 30.5 Å². The minimum absolute atomic E-state index is 0.0294. The Bertz CT molecular complexity index is 1150. The number of fused-ring (bicyclic) bond motifs is 2. The first-order valence-corrected chi connectivity index (χ1v) is 12.2. The number of aliphatic carboxylic acids is 1. The van der Waals surface area contributed by atoms with Crippen molar-refractivity contribution in [3.63, 3.8) is 0 Å². The number of anilines is 2. The number of aromatic nitrogens is 2. The number of pyridine rings is 2. The summed E-state index contributed by atoms with van der Waals surface area (Å²) in [6.07, 6.45) is 6.53. The predicted octanol–water partition coefficient (Wildman–Crippen LogP) is 2.55. The van der Waals surface area contributed by atoms with Crippen LogP contribution in [-0.2, 0) is 27.2 Å². The van der Waals surface area contributed by atoms with Crippen LogP contribution in [0, 0.1) is 5.92 Å². The molecule has 2 aromatic heterocycles. The lowest BCUT2D eigenvalue weighted by Gasteiger charge is -2.28. The summed E-state index contributed by atoms with van der Waals surface area (Å²) in [7, 11) is 0. The Hall–Kier alpha value is -3.69. The molecule has 5 rings (SSSR count). The van der Waals surface area contributed by atoms with Gasteiger partial charge in [0.25, 0.3) is 0 Å². The molecule has 1 saturated heterocycles. The van der Waals surface area contributed by atoms with Crippen LogP contribution in [-0.4, -0.2) is 57.5 Å². The molecule has 10 nitrogen and oxygen atoms in total. The molecular weight excluding hydrogens is 450 g/mol. The van der Waals surface area contributed by atoms with Crippen molar-refractivity contribution in [3.05, 3.63) is 41.2 Å². The molecule has 3 aliphatic rings. The number of carboxylic acid groups (broad SMARTS) is 1. The minimum atomic E-state index is -1.01. The Morgan fingerprint density at radius 1 is 1.26 bits per heavy atom. The number of ether oxygens (including phenoxy) is 1. The van der Waals surface area contributed by atoms with Gasteiger partial charge < -0.3 is 25.4 Å². The smallest absolute Gasteiger partial charge is 0.330 e. The zero-order valence-corrected chi connectivity index (χ0v) is 19.5. The first-order chi connectivity index (χ1) is 17.0. The average molecular weight is 480 g/mol. The number of hydrogen-bond donors (Lipinski definition) is 3. The highest BCUT2D eigenvalue weighted by molar-refractivity contribution is 5.83. The van der Waals surface area contributed by atoms with Crippen molar-refractivity contribution in [2.24, 2.45) is 5.92 Å². The highest BCUT2D eigenvalue weighted by Gasteiger charge is 2.37. The highest BCUT2D eigenvalue weighted by atomic mass is 16.5. The zero-order valence-electron chi connectivity index (χ0n) is 19.5. The predicted molar refractivity (Wildman–Crippen MR) is 127 cm³/mol. The van der Waals surface area contributed by atoms with Crippen molar-refractivity contribution in [1.82, 2.24) is 14.9 Å². The molecule has 2 atom stereocenters. The molecule has 0 radical (unpaired) electrons. The summed E-state index contributed by atoms with van der Waals surface area (Å²) in [6, 6.07) is 5.15. The maximum Gasteiger partial charge on any atom is 0.330 e. The molecule has 1 amide bonds. The molecule has 1 fully saturated rings. The number of carbonyl (C=O) groups is 3. The van der Waals surface area contributed by atoms with Crippen molar-refractivity contribution in [2.45, 2.75) is 51.0 Å². The quantitative estimate of drug-likeness (QED) is 0.488. The number of amides is 1. The van der Waals surface area contributed by atoms with Gasteiger partial charge in [0.05, 0.1) is 12.5 Å². The summed E-state index contributed by atoms with van der Waals surface area (Å²) in [5.41, 5.74) is 2.82. The normalized spacial score (nSPS) is 19.8. The SMILES string of the molecule is O=C(O)CC(c1cnc2c(c1)OC(=O)CN2)N1CCC(CCCc2ccc3c(n2)NCCC3)C1=O. The summed E-state index contributed by atoms with van der Waals surface area (Å²) in [5.74, 6) is 0.0338. The topological polar surface area (TPSA) is 134 Å². The number of carbonyl (C=O) groups excluding carboxylic acids is 2. The Morgan fingerprint density at radius 2 is 2.14 bits per heavy atom. The van der Waals surface area contributed by atoms with E-state index in [9.17, 15) is 19.5 Å². The Balaban J connectivity index is 1.24. The van der Waals surface area contributed by atoms with E-state index in [0.717, 1.165) is 50.2 Å². The van der Waals surface area contributed by atoms with Gasteiger partial charge in [-0.1, -0.05) is 6.07 Å². The van der Waals surface area contributed by atoms with Crippen LogP contribution in [0.15, 0.2) is 24.4 Å². The molecule has 0 bridgehead atoms. The molecule has 0 aliphatic carbocycles. The van der Waals surface area contributed by atoms with Gasteiger partial charge in [0.2, 0.25) is 5.91 Å². The fourth-order valence-corrected chi connectivity index (χ4v) is 5.12. The fourth-order valence-electron chi connectivity index (χ4n) is 5.12. The van der Waals surface area contributed by atoms with E-state index >= 15 is 0 Å². The first kappa shape index (κ1) is 23.1. The molecule has 5 heterocycles. The second-order valence-corrected chi connectivity index (χ2v) is 9.31. The van der Waals surface area contributed by atoms with Crippen LogP contribution in [0.3, 0.4) is 0 Å². The molecule has 184 valence electrons. The number of rotatable bonds is 8.